The van der Waals surface area contributed by atoms with Gasteiger partial charge in [0.2, 0.25) is 0 Å². The summed E-state index contributed by atoms with van der Waals surface area (Å²) in [6, 6.07) is 10.8. The van der Waals surface area contributed by atoms with Crippen LogP contribution in [0.3, 0.4) is 0 Å². The minimum absolute atomic E-state index is 0.293. The van der Waals surface area contributed by atoms with E-state index in [0.29, 0.717) is 23.7 Å². The molecular weight excluding hydrogens is 243 g/mol. The van der Waals surface area contributed by atoms with Crippen LogP contribution in [0.15, 0.2) is 36.4 Å². The van der Waals surface area contributed by atoms with Crippen molar-refractivity contribution in [2.45, 2.75) is 13.5 Å². The fourth-order valence-corrected chi connectivity index (χ4v) is 1.88. The summed E-state index contributed by atoms with van der Waals surface area (Å²) in [4.78, 5) is 0. The Morgan fingerprint density at radius 3 is 2.68 bits per heavy atom. The van der Waals surface area contributed by atoms with Crippen molar-refractivity contribution in [1.82, 2.24) is 0 Å². The molecular formula is C15H17FN2O. The molecule has 2 aromatic carbocycles. The first kappa shape index (κ1) is 13.2. The first-order chi connectivity index (χ1) is 9.11. The van der Waals surface area contributed by atoms with Crippen molar-refractivity contribution in [2.24, 2.45) is 0 Å². The van der Waals surface area contributed by atoms with Crippen LogP contribution < -0.4 is 15.8 Å². The van der Waals surface area contributed by atoms with E-state index in [1.165, 1.54) is 13.2 Å². The summed E-state index contributed by atoms with van der Waals surface area (Å²) in [5.74, 6) is 0.0839. The van der Waals surface area contributed by atoms with E-state index in [4.69, 9.17) is 10.5 Å². The van der Waals surface area contributed by atoms with Gasteiger partial charge in [-0.2, -0.15) is 0 Å². The van der Waals surface area contributed by atoms with Gasteiger partial charge in [-0.1, -0.05) is 24.3 Å². The molecule has 3 N–H and O–H groups in total. The number of hydrogen-bond acceptors (Lipinski definition) is 3. The molecule has 0 unspecified atom stereocenters. The normalized spacial score (nSPS) is 10.3. The molecule has 0 aromatic heterocycles. The highest BCUT2D eigenvalue weighted by Gasteiger charge is 2.08. The zero-order valence-electron chi connectivity index (χ0n) is 11.0. The monoisotopic (exact) mass is 260 g/mol. The Labute approximate surface area is 112 Å². The van der Waals surface area contributed by atoms with Crippen LogP contribution in [0.2, 0.25) is 0 Å². The van der Waals surface area contributed by atoms with Crippen LogP contribution in [0.5, 0.6) is 5.75 Å². The van der Waals surface area contributed by atoms with Gasteiger partial charge in [0.1, 0.15) is 11.6 Å². The Hall–Kier alpha value is -2.23. The van der Waals surface area contributed by atoms with Gasteiger partial charge in [0.05, 0.1) is 18.5 Å². The van der Waals surface area contributed by atoms with Crippen molar-refractivity contribution in [3.8, 4) is 5.75 Å². The number of ether oxygens (including phenoxy) is 1. The Morgan fingerprint density at radius 1 is 1.26 bits per heavy atom. The van der Waals surface area contributed by atoms with E-state index < -0.39 is 0 Å². The number of nitrogens with two attached hydrogens (primary N) is 1. The Morgan fingerprint density at radius 2 is 2.00 bits per heavy atom. The zero-order valence-corrected chi connectivity index (χ0v) is 11.0. The smallest absolute Gasteiger partial charge is 0.148 e. The molecule has 0 amide bonds. The molecule has 0 saturated heterocycles. The van der Waals surface area contributed by atoms with E-state index in [2.05, 4.69) is 5.32 Å². The lowest BCUT2D eigenvalue weighted by molar-refractivity contribution is 0.416. The van der Waals surface area contributed by atoms with Crippen LogP contribution in [-0.4, -0.2) is 7.11 Å². The highest BCUT2D eigenvalue weighted by atomic mass is 19.1. The molecule has 0 aliphatic carbocycles. The van der Waals surface area contributed by atoms with Crippen molar-refractivity contribution in [1.29, 1.82) is 0 Å². The van der Waals surface area contributed by atoms with E-state index in [1.54, 1.807) is 6.07 Å². The first-order valence-electron chi connectivity index (χ1n) is 6.03. The molecule has 0 radical (unpaired) electrons. The number of nitrogen functional groups attached to an aromatic ring is 1. The van der Waals surface area contributed by atoms with Gasteiger partial charge in [0.15, 0.2) is 0 Å². The first-order valence-corrected chi connectivity index (χ1v) is 6.03. The van der Waals surface area contributed by atoms with Gasteiger partial charge in [0.25, 0.3) is 0 Å². The van der Waals surface area contributed by atoms with Crippen molar-refractivity contribution in [2.75, 3.05) is 18.2 Å². The largest absolute Gasteiger partial charge is 0.495 e. The summed E-state index contributed by atoms with van der Waals surface area (Å²) < 4.78 is 18.9. The third-order valence-corrected chi connectivity index (χ3v) is 3.05. The second-order valence-electron chi connectivity index (χ2n) is 4.35. The zero-order chi connectivity index (χ0) is 13.8. The molecule has 2 rings (SSSR count). The Kier molecular flexibility index (Phi) is 3.90. The van der Waals surface area contributed by atoms with Crippen LogP contribution in [0.4, 0.5) is 15.8 Å². The number of methoxy groups -OCH3 is 1. The van der Waals surface area contributed by atoms with Crippen molar-refractivity contribution in [3.63, 3.8) is 0 Å². The highest BCUT2D eigenvalue weighted by Crippen LogP contribution is 2.28. The predicted octanol–water partition coefficient (Wildman–Crippen LogP) is 3.34. The fourth-order valence-electron chi connectivity index (χ4n) is 1.88. The van der Waals surface area contributed by atoms with Crippen LogP contribution in [0.25, 0.3) is 0 Å². The summed E-state index contributed by atoms with van der Waals surface area (Å²) >= 11 is 0. The number of rotatable bonds is 4. The summed E-state index contributed by atoms with van der Waals surface area (Å²) in [7, 11) is 1.51. The third kappa shape index (κ3) is 2.96. The van der Waals surface area contributed by atoms with Gasteiger partial charge in [0, 0.05) is 18.7 Å². The molecule has 0 heterocycles. The summed E-state index contributed by atoms with van der Waals surface area (Å²) in [5.41, 5.74) is 8.60. The molecule has 0 spiro atoms. The average molecular weight is 260 g/mol. The van der Waals surface area contributed by atoms with E-state index >= 15 is 0 Å². The molecule has 3 nitrogen and oxygen atoms in total. The predicted molar refractivity (Wildman–Crippen MR) is 75.9 cm³/mol. The molecule has 0 saturated carbocycles. The summed E-state index contributed by atoms with van der Waals surface area (Å²) in [5, 5.41) is 3.06. The van der Waals surface area contributed by atoms with E-state index in [-0.39, 0.29) is 5.82 Å². The maximum absolute atomic E-state index is 13.8. The second-order valence-corrected chi connectivity index (χ2v) is 4.35. The number of hydrogen-bond donors (Lipinski definition) is 2. The summed E-state index contributed by atoms with van der Waals surface area (Å²) in [6.45, 7) is 2.58. The van der Waals surface area contributed by atoms with Gasteiger partial charge in [-0.15, -0.1) is 0 Å². The number of halogens is 1. The highest BCUT2D eigenvalue weighted by molar-refractivity contribution is 5.62. The van der Waals surface area contributed by atoms with E-state index in [9.17, 15) is 4.39 Å². The minimum atomic E-state index is -0.383. The molecule has 2 aromatic rings. The molecule has 4 heteroatoms. The number of aryl methyl sites for hydroxylation is 1. The van der Waals surface area contributed by atoms with Crippen LogP contribution >= 0.6 is 0 Å². The van der Waals surface area contributed by atoms with Gasteiger partial charge in [-0.25, -0.2) is 4.39 Å². The number of benzene rings is 2. The van der Waals surface area contributed by atoms with Gasteiger partial charge >= 0.3 is 0 Å². The van der Waals surface area contributed by atoms with Gasteiger partial charge < -0.3 is 15.8 Å². The lowest BCUT2D eigenvalue weighted by atomic mass is 10.1. The molecule has 100 valence electrons. The molecule has 0 bridgehead atoms. The second kappa shape index (κ2) is 5.61. The minimum Gasteiger partial charge on any atom is -0.495 e. The van der Waals surface area contributed by atoms with Crippen LogP contribution in [-0.2, 0) is 6.54 Å². The van der Waals surface area contributed by atoms with Crippen molar-refractivity contribution in [3.05, 3.63) is 53.3 Å². The van der Waals surface area contributed by atoms with Crippen molar-refractivity contribution < 1.29 is 9.13 Å². The fraction of sp³-hybridized carbons (Fsp3) is 0.200. The molecule has 0 atom stereocenters. The van der Waals surface area contributed by atoms with E-state index in [1.807, 2.05) is 31.2 Å². The van der Waals surface area contributed by atoms with Crippen LogP contribution in [0, 0.1) is 12.7 Å². The maximum Gasteiger partial charge on any atom is 0.148 e. The van der Waals surface area contributed by atoms with E-state index in [0.717, 1.165) is 11.1 Å². The lowest BCUT2D eigenvalue weighted by Gasteiger charge is -2.12. The molecule has 0 aliphatic heterocycles. The standard InChI is InChI=1S/C15H17FN2O/c1-10-5-3-4-6-11(10)9-18-14-8-15(19-2)13(17)7-12(14)16/h3-8,18H,9,17H2,1-2H3. The lowest BCUT2D eigenvalue weighted by Crippen LogP contribution is -2.04. The van der Waals surface area contributed by atoms with Crippen molar-refractivity contribution >= 4 is 11.4 Å². The third-order valence-electron chi connectivity index (χ3n) is 3.05. The quantitative estimate of drug-likeness (QED) is 0.829. The molecule has 19 heavy (non-hydrogen) atoms. The van der Waals surface area contributed by atoms with Gasteiger partial charge in [-0.05, 0) is 18.1 Å². The number of anilines is 2. The maximum atomic E-state index is 13.8. The summed E-state index contributed by atoms with van der Waals surface area (Å²) in [6.07, 6.45) is 0. The SMILES string of the molecule is COc1cc(NCc2ccccc2C)c(F)cc1N. The topological polar surface area (TPSA) is 47.3 Å². The average Bonchev–Trinajstić information content (AvgIpc) is 2.39. The van der Waals surface area contributed by atoms with Crippen LogP contribution in [0.1, 0.15) is 11.1 Å². The van der Waals surface area contributed by atoms with Gasteiger partial charge in [-0.3, -0.25) is 0 Å². The molecule has 0 aliphatic rings. The Balaban J connectivity index is 2.18. The molecule has 0 fully saturated rings. The number of nitrogens with one attached hydrogen (secondary N) is 1. The Bertz CT molecular complexity index is 584.